The third-order valence-corrected chi connectivity index (χ3v) is 13.0. The van der Waals surface area contributed by atoms with E-state index in [0.29, 0.717) is 8.75 Å². The van der Waals surface area contributed by atoms with Crippen molar-refractivity contribution in [2.45, 2.75) is 73.8 Å². The van der Waals surface area contributed by atoms with Crippen molar-refractivity contribution in [1.82, 2.24) is 9.97 Å². The van der Waals surface area contributed by atoms with Gasteiger partial charge in [0.1, 0.15) is 0 Å². The molecule has 4 aromatic rings. The molecule has 0 aliphatic rings. The summed E-state index contributed by atoms with van der Waals surface area (Å²) in [5.41, 5.74) is 5.58. The summed E-state index contributed by atoms with van der Waals surface area (Å²) >= 11 is 13.5. The van der Waals surface area contributed by atoms with Crippen molar-refractivity contribution in [3.8, 4) is 0 Å². The maximum atomic E-state index is 5.19. The van der Waals surface area contributed by atoms with E-state index < -0.39 is 0 Å². The predicted molar refractivity (Wildman–Crippen MR) is 223 cm³/mol. The van der Waals surface area contributed by atoms with Crippen LogP contribution >= 0.6 is 23.5 Å². The molecule has 0 amide bonds. The van der Waals surface area contributed by atoms with Crippen LogP contribution in [0.4, 0.5) is 0 Å². The second-order valence-corrected chi connectivity index (χ2v) is 18.0. The van der Waals surface area contributed by atoms with Crippen molar-refractivity contribution < 1.29 is 0 Å². The molecule has 6 nitrogen and oxygen atoms in total. The Morgan fingerprint density at radius 1 is 0.571 bits per heavy atom. The van der Waals surface area contributed by atoms with E-state index in [1.54, 1.807) is 21.3 Å². The molecule has 0 saturated heterocycles. The number of thioether (sulfide) groups is 2. The molecule has 0 N–H and O–H groups in total. The van der Waals surface area contributed by atoms with Gasteiger partial charge in [0.25, 0.3) is 0 Å². The van der Waals surface area contributed by atoms with Gasteiger partial charge in [-0.1, -0.05) is 72.8 Å². The SMILES string of the molecule is C/C(=N/N=C(\[S-])SCc1ccccc1)c1ccccn1.C/C(=N/N=C(\[S-])SCc1ccccc1)c1ccccn1.CCC[CH2][Sn+2][CH2]CCC. The summed E-state index contributed by atoms with van der Waals surface area (Å²) in [6, 6.07) is 31.7. The van der Waals surface area contributed by atoms with Gasteiger partial charge < -0.3 is 25.3 Å². The van der Waals surface area contributed by atoms with Crippen LogP contribution in [0.3, 0.4) is 0 Å². The molecule has 0 unspecified atom stereocenters. The molecule has 0 atom stereocenters. The Morgan fingerprint density at radius 3 is 1.31 bits per heavy atom. The number of hydrogen-bond donors (Lipinski definition) is 0. The predicted octanol–water partition coefficient (Wildman–Crippen LogP) is 10.4. The zero-order valence-electron chi connectivity index (χ0n) is 28.9. The van der Waals surface area contributed by atoms with Gasteiger partial charge in [0.15, 0.2) is 0 Å². The third kappa shape index (κ3) is 21.2. The molecule has 0 radical (unpaired) electrons. The first-order valence-electron chi connectivity index (χ1n) is 16.4. The van der Waals surface area contributed by atoms with Crippen LogP contribution in [-0.4, -0.2) is 51.3 Å². The first kappa shape index (κ1) is 42.5. The molecule has 0 fully saturated rings. The molecule has 0 spiro atoms. The van der Waals surface area contributed by atoms with Crippen LogP contribution in [0.2, 0.25) is 8.87 Å². The van der Waals surface area contributed by atoms with E-state index in [0.717, 1.165) is 34.3 Å². The van der Waals surface area contributed by atoms with Crippen LogP contribution in [-0.2, 0) is 36.8 Å². The van der Waals surface area contributed by atoms with Crippen molar-refractivity contribution in [2.75, 3.05) is 0 Å². The van der Waals surface area contributed by atoms with E-state index in [2.05, 4.69) is 68.5 Å². The minimum absolute atomic E-state index is 0.149. The number of hydrogen-bond acceptors (Lipinski definition) is 10. The van der Waals surface area contributed by atoms with Crippen molar-refractivity contribution in [3.63, 3.8) is 0 Å². The van der Waals surface area contributed by atoms with Crippen molar-refractivity contribution in [2.24, 2.45) is 20.4 Å². The Labute approximate surface area is 323 Å². The second-order valence-electron chi connectivity index (χ2n) is 10.5. The summed E-state index contributed by atoms with van der Waals surface area (Å²) in [7, 11) is 0. The number of aromatic nitrogens is 2. The number of rotatable bonds is 14. The Morgan fingerprint density at radius 2 is 0.959 bits per heavy atom. The van der Waals surface area contributed by atoms with Crippen LogP contribution in [0.1, 0.15) is 75.9 Å². The van der Waals surface area contributed by atoms with Gasteiger partial charge in [-0.25, -0.2) is 0 Å². The van der Waals surface area contributed by atoms with Crippen molar-refractivity contribution in [3.05, 3.63) is 132 Å². The summed E-state index contributed by atoms with van der Waals surface area (Å²) in [5.74, 6) is 1.61. The van der Waals surface area contributed by atoms with Gasteiger partial charge in [-0.05, 0) is 58.0 Å². The number of nitrogens with zero attached hydrogens (tertiary/aromatic N) is 6. The average molecular weight is 834 g/mol. The van der Waals surface area contributed by atoms with Gasteiger partial charge in [0.2, 0.25) is 0 Å². The van der Waals surface area contributed by atoms with E-state index in [9.17, 15) is 0 Å². The Balaban J connectivity index is 0.000000275. The summed E-state index contributed by atoms with van der Waals surface area (Å²) < 4.78 is 4.31. The third-order valence-electron chi connectivity index (χ3n) is 6.46. The monoisotopic (exact) mass is 834 g/mol. The molecule has 49 heavy (non-hydrogen) atoms. The molecule has 11 heteroatoms. The summed E-state index contributed by atoms with van der Waals surface area (Å²) in [6.45, 7) is 8.32. The first-order valence-corrected chi connectivity index (χ1v) is 23.2. The zero-order valence-corrected chi connectivity index (χ0v) is 35.0. The van der Waals surface area contributed by atoms with Gasteiger partial charge in [-0.3, -0.25) is 9.97 Å². The Bertz CT molecular complexity index is 1420. The molecular weight excluding hydrogens is 787 g/mol. The fourth-order valence-corrected chi connectivity index (χ4v) is 9.47. The van der Waals surface area contributed by atoms with Crippen molar-refractivity contribution in [1.29, 1.82) is 0 Å². The zero-order chi connectivity index (χ0) is 35.4. The van der Waals surface area contributed by atoms with E-state index >= 15 is 0 Å². The van der Waals surface area contributed by atoms with Gasteiger partial charge >= 0.3 is 69.5 Å². The normalized spacial score (nSPS) is 11.8. The van der Waals surface area contributed by atoms with E-state index in [-0.39, 0.29) is 21.1 Å². The molecule has 4 rings (SSSR count). The first-order chi connectivity index (χ1) is 23.9. The fourth-order valence-electron chi connectivity index (χ4n) is 3.71. The number of benzene rings is 2. The minimum atomic E-state index is 0.149. The van der Waals surface area contributed by atoms with Crippen LogP contribution in [0.25, 0.3) is 0 Å². The van der Waals surface area contributed by atoms with Crippen LogP contribution in [0, 0.1) is 0 Å². The van der Waals surface area contributed by atoms with E-state index in [1.807, 2.05) is 86.6 Å². The van der Waals surface area contributed by atoms with Crippen molar-refractivity contribution >= 4 is 90.1 Å². The average Bonchev–Trinajstić information content (AvgIpc) is 3.16. The Kier molecular flexibility index (Phi) is 24.4. The quantitative estimate of drug-likeness (QED) is 0.0315. The summed E-state index contributed by atoms with van der Waals surface area (Å²) in [4.78, 5) is 8.42. The summed E-state index contributed by atoms with van der Waals surface area (Å²) in [5, 5.41) is 16.4. The maximum absolute atomic E-state index is 5.19. The molecule has 0 bridgehead atoms. The molecular formula is C38H46N6S4Sn. The Hall–Kier alpha value is -2.64. The molecule has 0 saturated carbocycles. The molecule has 0 aliphatic carbocycles. The standard InChI is InChI=1S/2C15H15N3S2.2C4H9.Sn/c2*1-12(14-9-5-6-10-16-14)17-18-15(19)20-11-13-7-3-2-4-8-13;2*1-3-4-2;/h2*2-10H,11H2,1H3,(H,18,19);2*1,3-4H2,2H3;/q;;;;+2/p-2/b2*17-12-;;;. The number of unbranched alkanes of at least 4 members (excludes halogenated alkanes) is 2. The summed E-state index contributed by atoms with van der Waals surface area (Å²) in [6.07, 6.45) is 9.30. The molecule has 2 aromatic heterocycles. The van der Waals surface area contributed by atoms with Crippen LogP contribution in [0.15, 0.2) is 130 Å². The van der Waals surface area contributed by atoms with Gasteiger partial charge in [-0.2, -0.15) is 20.4 Å². The molecule has 0 aliphatic heterocycles. The van der Waals surface area contributed by atoms with Gasteiger partial charge in [-0.15, -0.1) is 23.5 Å². The van der Waals surface area contributed by atoms with E-state index in [1.165, 1.54) is 60.3 Å². The molecule has 2 heterocycles. The fraction of sp³-hybridized carbons (Fsp3) is 0.316. The van der Waals surface area contributed by atoms with E-state index in [4.69, 9.17) is 25.3 Å². The van der Waals surface area contributed by atoms with Crippen LogP contribution in [0.5, 0.6) is 0 Å². The number of pyridine rings is 2. The van der Waals surface area contributed by atoms with Gasteiger partial charge in [0, 0.05) is 23.9 Å². The molecule has 256 valence electrons. The topological polar surface area (TPSA) is 75.2 Å². The second kappa shape index (κ2) is 28.1. The molecule has 2 aromatic carbocycles. The van der Waals surface area contributed by atoms with Gasteiger partial charge in [0.05, 0.1) is 22.8 Å². The van der Waals surface area contributed by atoms with Crippen LogP contribution < -0.4 is 0 Å².